The first kappa shape index (κ1) is 17.8. The van der Waals surface area contributed by atoms with E-state index in [4.69, 9.17) is 4.74 Å². The molecule has 2 amide bonds. The van der Waals surface area contributed by atoms with Crippen LogP contribution in [-0.2, 0) is 19.6 Å². The molecule has 0 radical (unpaired) electrons. The van der Waals surface area contributed by atoms with Crippen LogP contribution in [0.5, 0.6) is 0 Å². The molecule has 1 aromatic carbocycles. The average molecular weight is 367 g/mol. The van der Waals surface area contributed by atoms with E-state index < -0.39 is 15.9 Å². The number of nitrogens with zero attached hydrogens (tertiary/aromatic N) is 2. The lowest BCUT2D eigenvalue weighted by Crippen LogP contribution is -2.42. The van der Waals surface area contributed by atoms with Crippen molar-refractivity contribution in [3.05, 3.63) is 29.8 Å². The van der Waals surface area contributed by atoms with Crippen LogP contribution >= 0.6 is 0 Å². The van der Waals surface area contributed by atoms with E-state index in [2.05, 4.69) is 10.2 Å². The van der Waals surface area contributed by atoms with Crippen LogP contribution < -0.4 is 5.32 Å². The normalized spacial score (nSPS) is 19.7. The molecule has 0 bridgehead atoms. The summed E-state index contributed by atoms with van der Waals surface area (Å²) in [5.74, 6) is -0.844. The molecule has 3 rings (SSSR count). The van der Waals surface area contributed by atoms with Gasteiger partial charge >= 0.3 is 0 Å². The molecule has 136 valence electrons. The van der Waals surface area contributed by atoms with Gasteiger partial charge in [-0.1, -0.05) is 12.1 Å². The fourth-order valence-electron chi connectivity index (χ4n) is 2.92. The second kappa shape index (κ2) is 7.51. The zero-order chi connectivity index (χ0) is 17.9. The van der Waals surface area contributed by atoms with Gasteiger partial charge in [-0.05, 0) is 12.1 Å². The van der Waals surface area contributed by atoms with Crippen molar-refractivity contribution in [3.63, 3.8) is 0 Å². The Kier molecular flexibility index (Phi) is 5.36. The number of benzene rings is 1. The van der Waals surface area contributed by atoms with Crippen molar-refractivity contribution >= 4 is 21.8 Å². The minimum absolute atomic E-state index is 0.00715. The van der Waals surface area contributed by atoms with Gasteiger partial charge in [-0.2, -0.15) is 0 Å². The third kappa shape index (κ3) is 3.83. The van der Waals surface area contributed by atoms with Crippen LogP contribution in [0.1, 0.15) is 16.8 Å². The van der Waals surface area contributed by atoms with Crippen LogP contribution in [0, 0.1) is 0 Å². The first-order valence-corrected chi connectivity index (χ1v) is 9.67. The highest BCUT2D eigenvalue weighted by Crippen LogP contribution is 2.29. The highest BCUT2D eigenvalue weighted by atomic mass is 32.2. The number of carbonyl (C=O) groups is 2. The summed E-state index contributed by atoms with van der Waals surface area (Å²) in [7, 11) is -3.85. The van der Waals surface area contributed by atoms with E-state index in [1.807, 2.05) is 0 Å². The quantitative estimate of drug-likeness (QED) is 0.740. The lowest BCUT2D eigenvalue weighted by molar-refractivity contribution is -0.121. The molecular formula is C16H21N3O5S. The van der Waals surface area contributed by atoms with E-state index in [0.29, 0.717) is 19.8 Å². The summed E-state index contributed by atoms with van der Waals surface area (Å²) in [6.45, 7) is 4.14. The highest BCUT2D eigenvalue weighted by Gasteiger charge is 2.40. The van der Waals surface area contributed by atoms with Gasteiger partial charge in [-0.3, -0.25) is 14.5 Å². The van der Waals surface area contributed by atoms with E-state index in [9.17, 15) is 18.0 Å². The zero-order valence-corrected chi connectivity index (χ0v) is 14.6. The Labute approximate surface area is 146 Å². The Balaban J connectivity index is 1.48. The third-order valence-corrected chi connectivity index (χ3v) is 6.15. The van der Waals surface area contributed by atoms with Gasteiger partial charge in [0.05, 0.1) is 18.8 Å². The largest absolute Gasteiger partial charge is 0.379 e. The fraction of sp³-hybridized carbons (Fsp3) is 0.500. The van der Waals surface area contributed by atoms with Crippen LogP contribution in [0.2, 0.25) is 0 Å². The molecule has 1 saturated heterocycles. The maximum absolute atomic E-state index is 12.4. The molecule has 0 atom stereocenters. The SMILES string of the molecule is O=C(CCN1C(=O)c2ccccc2S1(=O)=O)NCCN1CCOCC1. The van der Waals surface area contributed by atoms with Gasteiger partial charge in [0.2, 0.25) is 5.91 Å². The summed E-state index contributed by atoms with van der Waals surface area (Å²) in [5, 5.41) is 2.76. The molecule has 0 aliphatic carbocycles. The summed E-state index contributed by atoms with van der Waals surface area (Å²) in [6, 6.07) is 6.09. The van der Waals surface area contributed by atoms with Crippen LogP contribution in [0.25, 0.3) is 0 Å². The van der Waals surface area contributed by atoms with E-state index in [1.165, 1.54) is 12.1 Å². The number of hydrogen-bond donors (Lipinski definition) is 1. The monoisotopic (exact) mass is 367 g/mol. The van der Waals surface area contributed by atoms with Gasteiger partial charge in [-0.25, -0.2) is 12.7 Å². The van der Waals surface area contributed by atoms with Gasteiger partial charge in [0, 0.05) is 39.1 Å². The number of nitrogens with one attached hydrogen (secondary N) is 1. The second-order valence-electron chi connectivity index (χ2n) is 5.93. The Morgan fingerprint density at radius 2 is 1.88 bits per heavy atom. The summed E-state index contributed by atoms with van der Waals surface area (Å²) in [4.78, 5) is 26.4. The van der Waals surface area contributed by atoms with Crippen LogP contribution in [0.3, 0.4) is 0 Å². The Morgan fingerprint density at radius 1 is 1.16 bits per heavy atom. The van der Waals surface area contributed by atoms with Gasteiger partial charge < -0.3 is 10.1 Å². The smallest absolute Gasteiger partial charge is 0.269 e. The molecule has 2 heterocycles. The number of carbonyl (C=O) groups excluding carboxylic acids is 2. The molecule has 1 aromatic rings. The van der Waals surface area contributed by atoms with E-state index in [1.54, 1.807) is 12.1 Å². The lowest BCUT2D eigenvalue weighted by atomic mass is 10.2. The van der Waals surface area contributed by atoms with Crippen molar-refractivity contribution in [2.24, 2.45) is 0 Å². The zero-order valence-electron chi connectivity index (χ0n) is 13.8. The first-order chi connectivity index (χ1) is 12.0. The van der Waals surface area contributed by atoms with Crippen LogP contribution in [0.4, 0.5) is 0 Å². The number of fused-ring (bicyclic) bond motifs is 1. The predicted octanol–water partition coefficient (Wildman–Crippen LogP) is -0.330. The number of ether oxygens (including phenoxy) is 1. The molecule has 1 fully saturated rings. The van der Waals surface area contributed by atoms with Crippen molar-refractivity contribution in [2.45, 2.75) is 11.3 Å². The Bertz CT molecular complexity index is 759. The molecule has 8 nitrogen and oxygen atoms in total. The molecule has 0 aromatic heterocycles. The molecule has 25 heavy (non-hydrogen) atoms. The van der Waals surface area contributed by atoms with Crippen molar-refractivity contribution in [1.82, 2.24) is 14.5 Å². The van der Waals surface area contributed by atoms with Crippen LogP contribution in [0.15, 0.2) is 29.2 Å². The van der Waals surface area contributed by atoms with Crippen molar-refractivity contribution in [2.75, 3.05) is 45.9 Å². The molecule has 2 aliphatic heterocycles. The summed E-state index contributed by atoms with van der Waals surface area (Å²) in [6.07, 6.45) is -0.0535. The van der Waals surface area contributed by atoms with E-state index >= 15 is 0 Å². The van der Waals surface area contributed by atoms with E-state index in [0.717, 1.165) is 23.9 Å². The topological polar surface area (TPSA) is 96.0 Å². The predicted molar refractivity (Wildman–Crippen MR) is 89.6 cm³/mol. The lowest BCUT2D eigenvalue weighted by Gasteiger charge is -2.26. The van der Waals surface area contributed by atoms with Gasteiger partial charge in [0.1, 0.15) is 4.90 Å². The first-order valence-electron chi connectivity index (χ1n) is 8.23. The average Bonchev–Trinajstić information content (AvgIpc) is 2.81. The second-order valence-corrected chi connectivity index (χ2v) is 7.76. The van der Waals surface area contributed by atoms with Gasteiger partial charge in [0.15, 0.2) is 0 Å². The fourth-order valence-corrected chi connectivity index (χ4v) is 4.49. The Morgan fingerprint density at radius 3 is 2.60 bits per heavy atom. The van der Waals surface area contributed by atoms with Gasteiger partial charge in [-0.15, -0.1) is 0 Å². The number of hydrogen-bond acceptors (Lipinski definition) is 6. The molecule has 1 N–H and O–H groups in total. The Hall–Kier alpha value is -1.97. The summed E-state index contributed by atoms with van der Waals surface area (Å²) >= 11 is 0. The molecule has 0 spiro atoms. The van der Waals surface area contributed by atoms with Crippen LogP contribution in [-0.4, -0.2) is 75.4 Å². The number of amides is 2. The number of sulfonamides is 1. The molecule has 0 saturated carbocycles. The van der Waals surface area contributed by atoms with Crippen molar-refractivity contribution in [3.8, 4) is 0 Å². The summed E-state index contributed by atoms with van der Waals surface area (Å²) in [5.41, 5.74) is 0.162. The summed E-state index contributed by atoms with van der Waals surface area (Å²) < 4.78 is 30.8. The standard InChI is InChI=1S/C16H21N3O5S/c20-15(17-6-8-18-9-11-24-12-10-18)5-7-19-16(21)13-3-1-2-4-14(13)25(19,22)23/h1-4H,5-12H2,(H,17,20). The molecule has 0 unspecified atom stereocenters. The minimum Gasteiger partial charge on any atom is -0.379 e. The minimum atomic E-state index is -3.85. The maximum atomic E-state index is 12.4. The van der Waals surface area contributed by atoms with Crippen molar-refractivity contribution in [1.29, 1.82) is 0 Å². The highest BCUT2D eigenvalue weighted by molar-refractivity contribution is 7.90. The maximum Gasteiger partial charge on any atom is 0.269 e. The third-order valence-electron chi connectivity index (χ3n) is 4.31. The van der Waals surface area contributed by atoms with Gasteiger partial charge in [0.25, 0.3) is 15.9 Å². The molecule has 9 heteroatoms. The van der Waals surface area contributed by atoms with Crippen molar-refractivity contribution < 1.29 is 22.7 Å². The van der Waals surface area contributed by atoms with E-state index in [-0.39, 0.29) is 29.3 Å². The molecule has 2 aliphatic rings. The number of rotatable bonds is 6. The number of morpholine rings is 1. The molecular weight excluding hydrogens is 346 g/mol.